The number of hydrogen-bond donors (Lipinski definition) is 3. The topological polar surface area (TPSA) is 123 Å². The molecule has 0 spiro atoms. The Balaban J connectivity index is 1.61. The van der Waals surface area contributed by atoms with E-state index in [4.69, 9.17) is 28.1 Å². The van der Waals surface area contributed by atoms with Gasteiger partial charge >= 0.3 is 0 Å². The van der Waals surface area contributed by atoms with E-state index in [1.165, 1.54) is 0 Å². The minimum atomic E-state index is -1.52. The van der Waals surface area contributed by atoms with Gasteiger partial charge in [0.1, 0.15) is 11.4 Å². The zero-order chi connectivity index (χ0) is 24.3. The number of fused-ring (bicyclic) bond motifs is 1. The first-order chi connectivity index (χ1) is 16.4. The molecule has 1 amide bonds. The number of carbonyl (C=O) groups is 1. The lowest BCUT2D eigenvalue weighted by Gasteiger charge is -2.37. The number of anilines is 2. The molecular weight excluding hydrogens is 479 g/mol. The zero-order valence-corrected chi connectivity index (χ0v) is 19.8. The lowest BCUT2D eigenvalue weighted by molar-refractivity contribution is -0.139. The molecule has 9 nitrogen and oxygen atoms in total. The van der Waals surface area contributed by atoms with Crippen molar-refractivity contribution in [3.05, 3.63) is 52.5 Å². The second-order valence-electron chi connectivity index (χ2n) is 8.01. The monoisotopic (exact) mass is 500 g/mol. The Kier molecular flexibility index (Phi) is 6.93. The summed E-state index contributed by atoms with van der Waals surface area (Å²) in [5.74, 6) is 1.13. The van der Waals surface area contributed by atoms with E-state index in [0.717, 1.165) is 16.3 Å². The summed E-state index contributed by atoms with van der Waals surface area (Å²) < 4.78 is 5.19. The molecule has 0 radical (unpaired) electrons. The van der Waals surface area contributed by atoms with Gasteiger partial charge in [-0.3, -0.25) is 9.63 Å². The second kappa shape index (κ2) is 9.89. The smallest absolute Gasteiger partial charge is 0.266 e. The average molecular weight is 501 g/mol. The molecule has 4 rings (SSSR count). The minimum Gasteiger partial charge on any atom is -0.495 e. The highest BCUT2D eigenvalue weighted by molar-refractivity contribution is 6.32. The summed E-state index contributed by atoms with van der Waals surface area (Å²) in [6.45, 7) is 1.22. The quantitative estimate of drug-likeness (QED) is 0.440. The Hall–Kier alpha value is -3.32. The molecule has 2 aromatic carbocycles. The van der Waals surface area contributed by atoms with E-state index in [-0.39, 0.29) is 12.8 Å². The molecule has 11 heteroatoms. The molecule has 0 atom stereocenters. The van der Waals surface area contributed by atoms with E-state index < -0.39 is 11.5 Å². The van der Waals surface area contributed by atoms with Crippen molar-refractivity contribution in [3.8, 4) is 11.8 Å². The van der Waals surface area contributed by atoms with Gasteiger partial charge in [-0.1, -0.05) is 17.7 Å². The number of nitrogens with zero attached hydrogens (tertiary/aromatic N) is 4. The lowest BCUT2D eigenvalue weighted by atomic mass is 9.90. The summed E-state index contributed by atoms with van der Waals surface area (Å²) in [5.41, 5.74) is -0.0979. The molecule has 1 aromatic heterocycles. The van der Waals surface area contributed by atoms with E-state index in [9.17, 15) is 15.2 Å². The summed E-state index contributed by atoms with van der Waals surface area (Å²) in [6.07, 6.45) is 0.395. The largest absolute Gasteiger partial charge is 0.495 e. The molecule has 0 aliphatic carbocycles. The summed E-state index contributed by atoms with van der Waals surface area (Å²) in [5, 5.41) is 34.1. The molecule has 3 N–H and O–H groups in total. The molecular formula is C23H22Cl2N6O3. The summed E-state index contributed by atoms with van der Waals surface area (Å²) in [7, 11) is 1.56. The van der Waals surface area contributed by atoms with Crippen molar-refractivity contribution in [3.63, 3.8) is 0 Å². The van der Waals surface area contributed by atoms with Crippen LogP contribution in [0.4, 0.5) is 11.6 Å². The fraction of sp³-hybridized carbons (Fsp3) is 0.304. The van der Waals surface area contributed by atoms with Crippen molar-refractivity contribution < 1.29 is 14.6 Å². The maximum atomic E-state index is 11.9. The van der Waals surface area contributed by atoms with Crippen molar-refractivity contribution in [1.82, 2.24) is 15.0 Å². The van der Waals surface area contributed by atoms with Crippen LogP contribution in [-0.4, -0.2) is 47.0 Å². The normalized spacial score (nSPS) is 15.0. The molecule has 2 heterocycles. The first-order valence-electron chi connectivity index (χ1n) is 10.5. The van der Waals surface area contributed by atoms with Gasteiger partial charge in [-0.2, -0.15) is 5.26 Å². The highest BCUT2D eigenvalue weighted by Crippen LogP contribution is 2.33. The molecule has 1 saturated heterocycles. The third kappa shape index (κ3) is 4.66. The molecule has 1 aliphatic rings. The van der Waals surface area contributed by atoms with E-state index in [1.54, 1.807) is 25.3 Å². The van der Waals surface area contributed by atoms with Crippen molar-refractivity contribution in [2.75, 3.05) is 30.4 Å². The van der Waals surface area contributed by atoms with E-state index >= 15 is 0 Å². The Morgan fingerprint density at radius 3 is 2.65 bits per heavy atom. The molecule has 1 fully saturated rings. The fourth-order valence-electron chi connectivity index (χ4n) is 3.98. The average Bonchev–Trinajstić information content (AvgIpc) is 2.87. The maximum absolute atomic E-state index is 11.9. The number of piperidine rings is 1. The minimum absolute atomic E-state index is 0.198. The molecule has 0 bridgehead atoms. The number of halogens is 2. The maximum Gasteiger partial charge on any atom is 0.266 e. The van der Waals surface area contributed by atoms with Crippen LogP contribution in [0.1, 0.15) is 24.0 Å². The van der Waals surface area contributed by atoms with Crippen LogP contribution in [0, 0.1) is 11.3 Å². The summed E-state index contributed by atoms with van der Waals surface area (Å²) in [6, 6.07) is 13.0. The third-order valence-electron chi connectivity index (χ3n) is 5.96. The Morgan fingerprint density at radius 1 is 1.24 bits per heavy atom. The fourth-order valence-corrected chi connectivity index (χ4v) is 4.44. The third-order valence-corrected chi connectivity index (χ3v) is 6.43. The van der Waals surface area contributed by atoms with E-state index in [2.05, 4.69) is 21.6 Å². The summed E-state index contributed by atoms with van der Waals surface area (Å²) in [4.78, 5) is 15.9. The first-order valence-corrected chi connectivity index (χ1v) is 11.3. The number of nitrogens with one attached hydrogen (secondary N) is 2. The van der Waals surface area contributed by atoms with Gasteiger partial charge in [-0.25, -0.2) is 0 Å². The van der Waals surface area contributed by atoms with Gasteiger partial charge in [0, 0.05) is 55.0 Å². The van der Waals surface area contributed by atoms with Crippen LogP contribution in [0.2, 0.25) is 5.02 Å². The molecule has 0 unspecified atom stereocenters. The predicted molar refractivity (Wildman–Crippen MR) is 130 cm³/mol. The van der Waals surface area contributed by atoms with Gasteiger partial charge in [0.25, 0.3) is 5.91 Å². The standard InChI is InChI=1S/C23H22Cl2N6O3/c1-34-19-5-3-15(11-18(19)24)13-27-20-17-10-14(12-26)2-4-16(17)21(30-29-20)31-8-6-23(33,7-9-31)22(32)28-25/h2-5,10-11,33H,6-9,13H2,1H3,(H,27,29)(H,28,32). The summed E-state index contributed by atoms with van der Waals surface area (Å²) >= 11 is 11.6. The predicted octanol–water partition coefficient (Wildman–Crippen LogP) is 3.38. The van der Waals surface area contributed by atoms with Crippen molar-refractivity contribution >= 4 is 51.7 Å². The van der Waals surface area contributed by atoms with E-state index in [1.807, 2.05) is 27.9 Å². The van der Waals surface area contributed by atoms with Crippen molar-refractivity contribution in [2.45, 2.75) is 25.0 Å². The van der Waals surface area contributed by atoms with Gasteiger partial charge in [-0.05, 0) is 35.9 Å². The SMILES string of the molecule is COc1ccc(CNc2nnc(N3CCC(O)(C(=O)NCl)CC3)c3ccc(C#N)cc23)cc1Cl. The van der Waals surface area contributed by atoms with Crippen LogP contribution in [0.25, 0.3) is 10.8 Å². The number of aliphatic hydroxyl groups is 1. The zero-order valence-electron chi connectivity index (χ0n) is 18.3. The molecule has 1 aliphatic heterocycles. The van der Waals surface area contributed by atoms with Crippen molar-refractivity contribution in [2.24, 2.45) is 0 Å². The van der Waals surface area contributed by atoms with Gasteiger partial charge in [0.15, 0.2) is 11.6 Å². The van der Waals surface area contributed by atoms with Gasteiger partial charge < -0.3 is 20.1 Å². The number of aromatic nitrogens is 2. The van der Waals surface area contributed by atoms with Crippen LogP contribution in [0.15, 0.2) is 36.4 Å². The Morgan fingerprint density at radius 2 is 2.00 bits per heavy atom. The second-order valence-corrected chi connectivity index (χ2v) is 8.61. The van der Waals surface area contributed by atoms with Gasteiger partial charge in [0.2, 0.25) is 0 Å². The highest BCUT2D eigenvalue weighted by atomic mass is 35.5. The van der Waals surface area contributed by atoms with Crippen LogP contribution in [0.5, 0.6) is 5.75 Å². The number of hydrogen-bond acceptors (Lipinski definition) is 8. The Bertz CT molecular complexity index is 1270. The van der Waals surface area contributed by atoms with Crippen molar-refractivity contribution in [1.29, 1.82) is 5.26 Å². The number of amides is 1. The van der Waals surface area contributed by atoms with Gasteiger partial charge in [-0.15, -0.1) is 10.2 Å². The number of methoxy groups -OCH3 is 1. The van der Waals surface area contributed by atoms with Crippen LogP contribution in [0.3, 0.4) is 0 Å². The van der Waals surface area contributed by atoms with Gasteiger partial charge in [0.05, 0.1) is 23.8 Å². The van der Waals surface area contributed by atoms with Crippen LogP contribution < -0.4 is 19.8 Å². The highest BCUT2D eigenvalue weighted by Gasteiger charge is 2.39. The van der Waals surface area contributed by atoms with Crippen LogP contribution >= 0.6 is 23.4 Å². The molecule has 3 aromatic rings. The molecule has 176 valence electrons. The number of carbonyl (C=O) groups excluding carboxylic acids is 1. The molecule has 34 heavy (non-hydrogen) atoms. The number of rotatable bonds is 6. The number of nitriles is 1. The molecule has 0 saturated carbocycles. The Labute approximate surface area is 206 Å². The van der Waals surface area contributed by atoms with E-state index in [0.29, 0.717) is 47.6 Å². The number of ether oxygens (including phenoxy) is 1. The first kappa shape index (κ1) is 23.8. The van der Waals surface area contributed by atoms with Crippen LogP contribution in [-0.2, 0) is 11.3 Å². The lowest BCUT2D eigenvalue weighted by Crippen LogP contribution is -2.52. The number of benzene rings is 2.